The summed E-state index contributed by atoms with van der Waals surface area (Å²) >= 11 is 0. The second-order valence-electron chi connectivity index (χ2n) is 5.07. The monoisotopic (exact) mass is 277 g/mol. The fourth-order valence-electron chi connectivity index (χ4n) is 2.48. The molecule has 106 valence electrons. The highest BCUT2D eigenvalue weighted by Crippen LogP contribution is 2.16. The van der Waals surface area contributed by atoms with Crippen LogP contribution in [0.2, 0.25) is 0 Å². The van der Waals surface area contributed by atoms with Gasteiger partial charge in [0.25, 0.3) is 0 Å². The summed E-state index contributed by atoms with van der Waals surface area (Å²) in [5.74, 6) is 0.0804. The first-order valence-electron chi connectivity index (χ1n) is 6.56. The van der Waals surface area contributed by atoms with Crippen molar-refractivity contribution in [3.05, 3.63) is 0 Å². The van der Waals surface area contributed by atoms with E-state index in [1.807, 2.05) is 13.8 Å². The number of hydrogen-bond donors (Lipinski definition) is 2. The summed E-state index contributed by atoms with van der Waals surface area (Å²) in [5.41, 5.74) is 0. The fraction of sp³-hybridized carbons (Fsp3) is 1.00. The van der Waals surface area contributed by atoms with Crippen LogP contribution >= 0.6 is 0 Å². The van der Waals surface area contributed by atoms with Crippen molar-refractivity contribution in [1.82, 2.24) is 14.9 Å². The Kier molecular flexibility index (Phi) is 4.60. The van der Waals surface area contributed by atoms with Gasteiger partial charge < -0.3 is 15.4 Å². The van der Waals surface area contributed by atoms with Crippen LogP contribution in [-0.4, -0.2) is 69.4 Å². The molecule has 0 radical (unpaired) electrons. The molecule has 0 aromatic heterocycles. The van der Waals surface area contributed by atoms with Gasteiger partial charge >= 0.3 is 0 Å². The van der Waals surface area contributed by atoms with Crippen molar-refractivity contribution in [2.45, 2.75) is 32.0 Å². The maximum Gasteiger partial charge on any atom is 0.217 e. The van der Waals surface area contributed by atoms with Crippen LogP contribution in [0.3, 0.4) is 0 Å². The highest BCUT2D eigenvalue weighted by atomic mass is 32.2. The molecule has 2 N–H and O–H groups in total. The summed E-state index contributed by atoms with van der Waals surface area (Å²) in [6.45, 7) is 7.25. The quantitative estimate of drug-likeness (QED) is 0.691. The number of nitrogens with one attached hydrogen (secondary N) is 2. The number of piperazine rings is 1. The van der Waals surface area contributed by atoms with Gasteiger partial charge in [0.2, 0.25) is 10.0 Å². The summed E-state index contributed by atoms with van der Waals surface area (Å²) in [6, 6.07) is 0.194. The predicted octanol–water partition coefficient (Wildman–Crippen LogP) is -1.01. The van der Waals surface area contributed by atoms with Crippen molar-refractivity contribution >= 4 is 10.0 Å². The van der Waals surface area contributed by atoms with Crippen LogP contribution in [0.15, 0.2) is 0 Å². The Morgan fingerprint density at radius 3 is 2.78 bits per heavy atom. The number of morpholine rings is 1. The van der Waals surface area contributed by atoms with Gasteiger partial charge in [-0.05, 0) is 13.8 Å². The second-order valence-corrected chi connectivity index (χ2v) is 7.04. The van der Waals surface area contributed by atoms with Crippen molar-refractivity contribution < 1.29 is 13.2 Å². The predicted molar refractivity (Wildman–Crippen MR) is 70.0 cm³/mol. The molecule has 2 saturated heterocycles. The third kappa shape index (κ3) is 3.21. The summed E-state index contributed by atoms with van der Waals surface area (Å²) < 4.78 is 31.9. The third-order valence-corrected chi connectivity index (χ3v) is 5.76. The lowest BCUT2D eigenvalue weighted by Gasteiger charge is -2.38. The molecule has 2 rings (SSSR count). The van der Waals surface area contributed by atoms with Crippen LogP contribution in [0.4, 0.5) is 0 Å². The zero-order valence-electron chi connectivity index (χ0n) is 11.1. The molecule has 3 unspecified atom stereocenters. The van der Waals surface area contributed by atoms with E-state index in [4.69, 9.17) is 4.74 Å². The van der Waals surface area contributed by atoms with Crippen LogP contribution in [0.25, 0.3) is 0 Å². The summed E-state index contributed by atoms with van der Waals surface area (Å²) in [7, 11) is -3.24. The summed E-state index contributed by atoms with van der Waals surface area (Å²) in [6.07, 6.45) is -0.221. The SMILES string of the molecule is CC1NCCN(S(=O)(=O)CC2CNCCO2)C1C. The van der Waals surface area contributed by atoms with E-state index >= 15 is 0 Å². The largest absolute Gasteiger partial charge is 0.374 e. The molecule has 0 saturated carbocycles. The minimum absolute atomic E-state index is 0.000278. The van der Waals surface area contributed by atoms with E-state index in [1.165, 1.54) is 0 Å². The van der Waals surface area contributed by atoms with E-state index in [-0.39, 0.29) is 23.9 Å². The van der Waals surface area contributed by atoms with Crippen LogP contribution < -0.4 is 10.6 Å². The van der Waals surface area contributed by atoms with Gasteiger partial charge in [-0.3, -0.25) is 0 Å². The maximum atomic E-state index is 12.4. The van der Waals surface area contributed by atoms with E-state index in [9.17, 15) is 8.42 Å². The first kappa shape index (κ1) is 14.2. The summed E-state index contributed by atoms with van der Waals surface area (Å²) in [4.78, 5) is 0. The molecule has 7 heteroatoms. The molecule has 0 amide bonds. The van der Waals surface area contributed by atoms with Crippen molar-refractivity contribution in [2.24, 2.45) is 0 Å². The first-order chi connectivity index (χ1) is 8.50. The second kappa shape index (κ2) is 5.83. The topological polar surface area (TPSA) is 70.7 Å². The molecular formula is C11H23N3O3S. The molecule has 0 spiro atoms. The fourth-order valence-corrected chi connectivity index (χ4v) is 4.41. The summed E-state index contributed by atoms with van der Waals surface area (Å²) in [5, 5.41) is 6.45. The highest BCUT2D eigenvalue weighted by Gasteiger charge is 2.35. The van der Waals surface area contributed by atoms with Crippen LogP contribution in [-0.2, 0) is 14.8 Å². The van der Waals surface area contributed by atoms with Crippen molar-refractivity contribution in [1.29, 1.82) is 0 Å². The minimum Gasteiger partial charge on any atom is -0.374 e. The van der Waals surface area contributed by atoms with Gasteiger partial charge in [0, 0.05) is 38.3 Å². The zero-order chi connectivity index (χ0) is 13.2. The molecule has 0 aromatic carbocycles. The highest BCUT2D eigenvalue weighted by molar-refractivity contribution is 7.89. The lowest BCUT2D eigenvalue weighted by Crippen LogP contribution is -2.58. The van der Waals surface area contributed by atoms with E-state index in [2.05, 4.69) is 10.6 Å². The normalized spacial score (nSPS) is 35.6. The molecule has 6 nitrogen and oxygen atoms in total. The van der Waals surface area contributed by atoms with Gasteiger partial charge in [-0.25, -0.2) is 8.42 Å². The number of ether oxygens (including phenoxy) is 1. The van der Waals surface area contributed by atoms with Gasteiger partial charge in [-0.15, -0.1) is 0 Å². The van der Waals surface area contributed by atoms with E-state index in [0.717, 1.165) is 6.54 Å². The lowest BCUT2D eigenvalue weighted by molar-refractivity contribution is 0.0419. The van der Waals surface area contributed by atoms with E-state index < -0.39 is 10.0 Å². The first-order valence-corrected chi connectivity index (χ1v) is 8.17. The molecule has 2 heterocycles. The maximum absolute atomic E-state index is 12.4. The van der Waals surface area contributed by atoms with Gasteiger partial charge in [0.1, 0.15) is 0 Å². The third-order valence-electron chi connectivity index (χ3n) is 3.73. The Balaban J connectivity index is 2.00. The zero-order valence-corrected chi connectivity index (χ0v) is 11.9. The Morgan fingerprint density at radius 2 is 2.11 bits per heavy atom. The average Bonchev–Trinajstić information content (AvgIpc) is 2.33. The standard InChI is InChI=1S/C11H23N3O3S/c1-9-10(2)14(5-3-13-9)18(15,16)8-11-7-12-4-6-17-11/h9-13H,3-8H2,1-2H3. The van der Waals surface area contributed by atoms with Crippen LogP contribution in [0.5, 0.6) is 0 Å². The van der Waals surface area contributed by atoms with Gasteiger partial charge in [0.05, 0.1) is 18.5 Å². The lowest BCUT2D eigenvalue weighted by atomic mass is 10.1. The van der Waals surface area contributed by atoms with Crippen LogP contribution in [0, 0.1) is 0 Å². The number of nitrogens with zero attached hydrogens (tertiary/aromatic N) is 1. The smallest absolute Gasteiger partial charge is 0.217 e. The molecule has 18 heavy (non-hydrogen) atoms. The van der Waals surface area contributed by atoms with Gasteiger partial charge in [0.15, 0.2) is 0 Å². The molecule has 0 aromatic rings. The molecule has 0 aliphatic carbocycles. The minimum atomic E-state index is -3.24. The Bertz CT molecular complexity index is 368. The molecule has 2 aliphatic heterocycles. The van der Waals surface area contributed by atoms with Gasteiger partial charge in [-0.2, -0.15) is 4.31 Å². The Morgan fingerprint density at radius 1 is 1.33 bits per heavy atom. The van der Waals surface area contributed by atoms with E-state index in [1.54, 1.807) is 4.31 Å². The Hall–Kier alpha value is -0.210. The molecule has 2 fully saturated rings. The average molecular weight is 277 g/mol. The van der Waals surface area contributed by atoms with Crippen molar-refractivity contribution in [3.8, 4) is 0 Å². The molecule has 3 atom stereocenters. The Labute approximate surface area is 109 Å². The van der Waals surface area contributed by atoms with Crippen molar-refractivity contribution in [2.75, 3.05) is 38.5 Å². The van der Waals surface area contributed by atoms with Gasteiger partial charge in [-0.1, -0.05) is 0 Å². The molecular weight excluding hydrogens is 254 g/mol. The molecule has 2 aliphatic rings. The number of hydrogen-bond acceptors (Lipinski definition) is 5. The number of sulfonamides is 1. The van der Waals surface area contributed by atoms with Crippen LogP contribution in [0.1, 0.15) is 13.8 Å². The molecule has 0 bridgehead atoms. The van der Waals surface area contributed by atoms with Crippen molar-refractivity contribution in [3.63, 3.8) is 0 Å². The number of rotatable bonds is 3. The van der Waals surface area contributed by atoms with E-state index in [0.29, 0.717) is 26.2 Å².